The second-order valence-corrected chi connectivity index (χ2v) is 9.31. The van der Waals surface area contributed by atoms with Crippen LogP contribution in [-0.2, 0) is 24.2 Å². The number of methoxy groups -OCH3 is 1. The van der Waals surface area contributed by atoms with Crippen LogP contribution in [0.15, 0.2) is 66.7 Å². The van der Waals surface area contributed by atoms with Gasteiger partial charge in [-0.3, -0.25) is 9.59 Å². The number of carbonyl (C=O) groups is 2. The third kappa shape index (κ3) is 8.46. The molecule has 0 bridgehead atoms. The molecule has 3 aromatic rings. The summed E-state index contributed by atoms with van der Waals surface area (Å²) in [5, 5.41) is 10.8. The van der Waals surface area contributed by atoms with Crippen molar-refractivity contribution in [1.82, 2.24) is 4.90 Å². The molecule has 0 heterocycles. The van der Waals surface area contributed by atoms with Crippen LogP contribution < -0.4 is 10.5 Å². The zero-order valence-corrected chi connectivity index (χ0v) is 21.7. The Morgan fingerprint density at radius 2 is 1.61 bits per heavy atom. The van der Waals surface area contributed by atoms with E-state index in [0.717, 1.165) is 23.6 Å². The molecule has 38 heavy (non-hydrogen) atoms. The summed E-state index contributed by atoms with van der Waals surface area (Å²) in [5.74, 6) is -1.31. The van der Waals surface area contributed by atoms with Crippen LogP contribution in [0.5, 0.6) is 5.75 Å². The highest BCUT2D eigenvalue weighted by Crippen LogP contribution is 2.17. The van der Waals surface area contributed by atoms with Crippen molar-refractivity contribution in [3.05, 3.63) is 101 Å². The number of hydrogen-bond donors (Lipinski definition) is 2. The van der Waals surface area contributed by atoms with E-state index in [4.69, 9.17) is 10.5 Å². The van der Waals surface area contributed by atoms with E-state index < -0.39 is 23.8 Å². The highest BCUT2D eigenvalue weighted by Gasteiger charge is 2.24. The summed E-state index contributed by atoms with van der Waals surface area (Å²) in [6.45, 7) is 2.16. The number of aryl methyl sites for hydroxylation is 1. The summed E-state index contributed by atoms with van der Waals surface area (Å²) in [4.78, 5) is 27.4. The second kappa shape index (κ2) is 13.8. The van der Waals surface area contributed by atoms with Gasteiger partial charge in [0.25, 0.3) is 0 Å². The average Bonchev–Trinajstić information content (AvgIpc) is 2.90. The number of halogens is 2. The normalized spacial score (nSPS) is 12.6. The topological polar surface area (TPSA) is 92.9 Å². The first-order chi connectivity index (χ1) is 18.2. The van der Waals surface area contributed by atoms with E-state index in [1.165, 1.54) is 24.1 Å². The molecule has 3 rings (SSSR count). The van der Waals surface area contributed by atoms with Crippen LogP contribution in [-0.4, -0.2) is 47.5 Å². The molecule has 0 unspecified atom stereocenters. The first-order valence-electron chi connectivity index (χ1n) is 12.6. The largest absolute Gasteiger partial charge is 0.497 e. The Morgan fingerprint density at radius 1 is 0.947 bits per heavy atom. The number of carbonyl (C=O) groups excluding carboxylic acids is 2. The third-order valence-electron chi connectivity index (χ3n) is 6.40. The number of amides is 1. The fourth-order valence-electron chi connectivity index (χ4n) is 4.22. The maximum Gasteiger partial charge on any atom is 0.223 e. The lowest BCUT2D eigenvalue weighted by molar-refractivity contribution is -0.133. The Balaban J connectivity index is 1.70. The summed E-state index contributed by atoms with van der Waals surface area (Å²) in [6, 6.07) is 16.7. The first-order valence-corrected chi connectivity index (χ1v) is 12.6. The zero-order valence-electron chi connectivity index (χ0n) is 21.7. The average molecular weight is 525 g/mol. The van der Waals surface area contributed by atoms with E-state index in [2.05, 4.69) is 0 Å². The second-order valence-electron chi connectivity index (χ2n) is 9.31. The Hall–Kier alpha value is -3.62. The van der Waals surface area contributed by atoms with Crippen LogP contribution in [0.2, 0.25) is 0 Å². The molecular weight excluding hydrogens is 490 g/mol. The van der Waals surface area contributed by atoms with Crippen molar-refractivity contribution in [3.63, 3.8) is 0 Å². The fraction of sp³-hybridized carbons (Fsp3) is 0.333. The lowest BCUT2D eigenvalue weighted by Crippen LogP contribution is -2.46. The number of ketones is 1. The third-order valence-corrected chi connectivity index (χ3v) is 6.40. The standard InChI is InChI=1S/C30H34F2N2O4/c1-3-20-5-4-6-21(13-20)18-34(19-29(36)27(33)16-22-14-24(31)17-25(32)15-22)30(37)12-11-28(35)23-7-9-26(38-2)10-8-23/h4-10,13-15,17,27,29,36H,3,11-12,16,18-19,33H2,1-2H3/t27-,29+/m0/s1. The molecule has 0 fully saturated rings. The minimum Gasteiger partial charge on any atom is -0.497 e. The van der Waals surface area contributed by atoms with Crippen molar-refractivity contribution in [2.75, 3.05) is 13.7 Å². The number of aliphatic hydroxyl groups excluding tert-OH is 1. The highest BCUT2D eigenvalue weighted by atomic mass is 19.1. The number of ether oxygens (including phenoxy) is 1. The number of Topliss-reactive ketones (excluding diaryl/α,β-unsaturated/α-hetero) is 1. The van der Waals surface area contributed by atoms with E-state index in [1.807, 2.05) is 31.2 Å². The van der Waals surface area contributed by atoms with Gasteiger partial charge in [-0.05, 0) is 65.9 Å². The molecule has 0 saturated carbocycles. The predicted molar refractivity (Wildman–Crippen MR) is 142 cm³/mol. The predicted octanol–water partition coefficient (Wildman–Crippen LogP) is 4.46. The maximum atomic E-state index is 13.6. The molecule has 1 amide bonds. The highest BCUT2D eigenvalue weighted by molar-refractivity contribution is 5.98. The monoisotopic (exact) mass is 524 g/mol. The van der Waals surface area contributed by atoms with Gasteiger partial charge in [-0.15, -0.1) is 0 Å². The summed E-state index contributed by atoms with van der Waals surface area (Å²) in [5.41, 5.74) is 8.94. The smallest absolute Gasteiger partial charge is 0.223 e. The fourth-order valence-corrected chi connectivity index (χ4v) is 4.22. The van der Waals surface area contributed by atoms with Gasteiger partial charge in [-0.1, -0.05) is 31.2 Å². The van der Waals surface area contributed by atoms with Crippen molar-refractivity contribution < 1.29 is 28.2 Å². The molecule has 3 N–H and O–H groups in total. The lowest BCUT2D eigenvalue weighted by Gasteiger charge is -2.28. The van der Waals surface area contributed by atoms with Gasteiger partial charge in [-0.2, -0.15) is 0 Å². The molecule has 0 aliphatic rings. The van der Waals surface area contributed by atoms with Gasteiger partial charge in [0.15, 0.2) is 5.78 Å². The van der Waals surface area contributed by atoms with Crippen LogP contribution in [0.4, 0.5) is 8.78 Å². The van der Waals surface area contributed by atoms with Crippen molar-refractivity contribution in [2.45, 2.75) is 51.3 Å². The van der Waals surface area contributed by atoms with Gasteiger partial charge >= 0.3 is 0 Å². The van der Waals surface area contributed by atoms with Crippen molar-refractivity contribution in [1.29, 1.82) is 0 Å². The number of hydrogen-bond acceptors (Lipinski definition) is 5. The quantitative estimate of drug-likeness (QED) is 0.322. The number of rotatable bonds is 13. The summed E-state index contributed by atoms with van der Waals surface area (Å²) in [7, 11) is 1.54. The molecule has 6 nitrogen and oxygen atoms in total. The molecule has 2 atom stereocenters. The minimum atomic E-state index is -1.16. The molecular formula is C30H34F2N2O4. The molecule has 0 saturated heterocycles. The van der Waals surface area contributed by atoms with Crippen molar-refractivity contribution in [3.8, 4) is 5.75 Å². The Bertz CT molecular complexity index is 1210. The van der Waals surface area contributed by atoms with Crippen molar-refractivity contribution >= 4 is 11.7 Å². The number of benzene rings is 3. The Morgan fingerprint density at radius 3 is 2.24 bits per heavy atom. The Kier molecular flexibility index (Phi) is 10.5. The number of nitrogens with two attached hydrogens (primary N) is 1. The van der Waals surface area contributed by atoms with E-state index in [0.29, 0.717) is 16.9 Å². The lowest BCUT2D eigenvalue weighted by atomic mass is 10.0. The Labute approximate surface area is 222 Å². The zero-order chi connectivity index (χ0) is 27.7. The van der Waals surface area contributed by atoms with Gasteiger partial charge in [0, 0.05) is 43.6 Å². The van der Waals surface area contributed by atoms with Crippen LogP contribution in [0.25, 0.3) is 0 Å². The van der Waals surface area contributed by atoms with E-state index >= 15 is 0 Å². The van der Waals surface area contributed by atoms with E-state index in [-0.39, 0.29) is 44.0 Å². The molecule has 0 radical (unpaired) electrons. The SMILES string of the molecule is CCc1cccc(CN(C[C@@H](O)[C@@H](N)Cc2cc(F)cc(F)c2)C(=O)CCC(=O)c2ccc(OC)cc2)c1. The molecule has 8 heteroatoms. The van der Waals surface area contributed by atoms with Crippen molar-refractivity contribution in [2.24, 2.45) is 5.73 Å². The van der Waals surface area contributed by atoms with Crippen LogP contribution in [0.1, 0.15) is 46.8 Å². The maximum absolute atomic E-state index is 13.6. The molecule has 3 aromatic carbocycles. The van der Waals surface area contributed by atoms with Gasteiger partial charge < -0.3 is 20.5 Å². The van der Waals surface area contributed by atoms with Crippen LogP contribution >= 0.6 is 0 Å². The summed E-state index contributed by atoms with van der Waals surface area (Å²) in [6.07, 6.45) is -0.344. The molecule has 0 aromatic heterocycles. The molecule has 0 spiro atoms. The van der Waals surface area contributed by atoms with E-state index in [1.54, 1.807) is 24.3 Å². The van der Waals surface area contributed by atoms with Gasteiger partial charge in [0.1, 0.15) is 17.4 Å². The minimum absolute atomic E-state index is 0.00137. The van der Waals surface area contributed by atoms with Crippen LogP contribution in [0, 0.1) is 11.6 Å². The summed E-state index contributed by atoms with van der Waals surface area (Å²) >= 11 is 0. The molecule has 202 valence electrons. The van der Waals surface area contributed by atoms with Crippen LogP contribution in [0.3, 0.4) is 0 Å². The summed E-state index contributed by atoms with van der Waals surface area (Å²) < 4.78 is 32.3. The first kappa shape index (κ1) is 28.9. The van der Waals surface area contributed by atoms with E-state index in [9.17, 15) is 23.5 Å². The number of nitrogens with zero attached hydrogens (tertiary/aromatic N) is 1. The van der Waals surface area contributed by atoms with Gasteiger partial charge in [0.05, 0.1) is 13.2 Å². The molecule has 0 aliphatic carbocycles. The number of aliphatic hydroxyl groups is 1. The van der Waals surface area contributed by atoms with Gasteiger partial charge in [-0.25, -0.2) is 8.78 Å². The van der Waals surface area contributed by atoms with Gasteiger partial charge in [0.2, 0.25) is 5.91 Å². The molecule has 0 aliphatic heterocycles.